The van der Waals surface area contributed by atoms with Crippen LogP contribution in [0.5, 0.6) is 0 Å². The number of nitrogens with two attached hydrogens (primary N) is 1. The summed E-state index contributed by atoms with van der Waals surface area (Å²) in [6.07, 6.45) is 1.03. The molecule has 0 saturated heterocycles. The summed E-state index contributed by atoms with van der Waals surface area (Å²) in [5, 5.41) is 0. The van der Waals surface area contributed by atoms with Crippen LogP contribution in [0.3, 0.4) is 0 Å². The van der Waals surface area contributed by atoms with Gasteiger partial charge in [-0.1, -0.05) is 36.7 Å². The van der Waals surface area contributed by atoms with Crippen LogP contribution >= 0.6 is 15.9 Å². The van der Waals surface area contributed by atoms with Crippen molar-refractivity contribution < 1.29 is 0 Å². The molecular formula is C14H20BrN3. The lowest BCUT2D eigenvalue weighted by atomic mass is 9.84. The van der Waals surface area contributed by atoms with Crippen molar-refractivity contribution in [2.24, 2.45) is 11.1 Å². The van der Waals surface area contributed by atoms with E-state index in [-0.39, 0.29) is 11.3 Å². The third kappa shape index (κ3) is 3.12. The topological polar surface area (TPSA) is 54.7 Å². The first-order valence-corrected chi connectivity index (χ1v) is 7.03. The van der Waals surface area contributed by atoms with Crippen LogP contribution in [0.15, 0.2) is 22.7 Å². The first-order chi connectivity index (χ1) is 8.39. The Balaban J connectivity index is 2.34. The van der Waals surface area contributed by atoms with Crippen molar-refractivity contribution in [3.05, 3.63) is 28.5 Å². The fourth-order valence-electron chi connectivity index (χ4n) is 2.23. The number of aromatic amines is 1. The lowest BCUT2D eigenvalue weighted by molar-refractivity contribution is 0.337. The first kappa shape index (κ1) is 13.6. The number of nitrogens with zero attached hydrogens (tertiary/aromatic N) is 1. The maximum atomic E-state index is 5.89. The zero-order valence-corrected chi connectivity index (χ0v) is 12.7. The van der Waals surface area contributed by atoms with Crippen molar-refractivity contribution in [2.75, 3.05) is 6.54 Å². The Kier molecular flexibility index (Phi) is 3.78. The van der Waals surface area contributed by atoms with E-state index in [0.29, 0.717) is 6.54 Å². The van der Waals surface area contributed by atoms with Gasteiger partial charge in [-0.2, -0.15) is 0 Å². The van der Waals surface area contributed by atoms with E-state index in [1.54, 1.807) is 0 Å². The third-order valence-corrected chi connectivity index (χ3v) is 3.49. The normalized spacial score (nSPS) is 14.1. The molecule has 4 heteroatoms. The van der Waals surface area contributed by atoms with Crippen molar-refractivity contribution in [1.82, 2.24) is 9.97 Å². The first-order valence-electron chi connectivity index (χ1n) is 6.24. The van der Waals surface area contributed by atoms with E-state index in [0.717, 1.165) is 27.8 Å². The van der Waals surface area contributed by atoms with E-state index in [1.165, 1.54) is 0 Å². The molecular weight excluding hydrogens is 290 g/mol. The van der Waals surface area contributed by atoms with Crippen LogP contribution in [0.2, 0.25) is 0 Å². The Morgan fingerprint density at radius 2 is 2.11 bits per heavy atom. The van der Waals surface area contributed by atoms with Crippen LogP contribution in [0, 0.1) is 5.41 Å². The van der Waals surface area contributed by atoms with Gasteiger partial charge in [-0.25, -0.2) is 4.98 Å². The number of H-pyrrole nitrogens is 1. The summed E-state index contributed by atoms with van der Waals surface area (Å²) < 4.78 is 1.06. The molecule has 0 fully saturated rings. The van der Waals surface area contributed by atoms with Crippen LogP contribution < -0.4 is 5.73 Å². The molecule has 1 atom stereocenters. The Bertz CT molecular complexity index is 539. The third-order valence-electron chi connectivity index (χ3n) is 2.99. The summed E-state index contributed by atoms with van der Waals surface area (Å²) in [7, 11) is 0. The minimum absolute atomic E-state index is 0.254. The Labute approximate surface area is 116 Å². The molecule has 0 aliphatic heterocycles. The lowest BCUT2D eigenvalue weighted by Gasteiger charge is -2.23. The molecule has 0 bridgehead atoms. The van der Waals surface area contributed by atoms with Crippen LogP contribution in [-0.4, -0.2) is 16.5 Å². The van der Waals surface area contributed by atoms with E-state index in [4.69, 9.17) is 5.73 Å². The van der Waals surface area contributed by atoms with Crippen molar-refractivity contribution in [1.29, 1.82) is 0 Å². The fraction of sp³-hybridized carbons (Fsp3) is 0.500. The highest BCUT2D eigenvalue weighted by atomic mass is 79.9. The van der Waals surface area contributed by atoms with Crippen LogP contribution in [-0.2, 0) is 0 Å². The number of nitrogens with one attached hydrogen (secondary N) is 1. The van der Waals surface area contributed by atoms with Gasteiger partial charge in [0, 0.05) is 16.9 Å². The van der Waals surface area contributed by atoms with E-state index < -0.39 is 0 Å². The summed E-state index contributed by atoms with van der Waals surface area (Å²) in [5.41, 5.74) is 8.21. The molecule has 2 rings (SSSR count). The maximum absolute atomic E-state index is 5.89. The Morgan fingerprint density at radius 1 is 1.39 bits per heavy atom. The molecule has 1 unspecified atom stereocenters. The molecule has 1 aromatic heterocycles. The van der Waals surface area contributed by atoms with Gasteiger partial charge in [0.05, 0.1) is 11.0 Å². The number of hydrogen-bond donors (Lipinski definition) is 2. The number of halogens is 1. The van der Waals surface area contributed by atoms with Gasteiger partial charge in [0.1, 0.15) is 5.82 Å². The van der Waals surface area contributed by atoms with Crippen LogP contribution in [0.1, 0.15) is 38.9 Å². The molecule has 0 aliphatic carbocycles. The molecule has 0 spiro atoms. The van der Waals surface area contributed by atoms with E-state index in [1.807, 2.05) is 12.1 Å². The number of benzene rings is 1. The van der Waals surface area contributed by atoms with E-state index >= 15 is 0 Å². The van der Waals surface area contributed by atoms with Crippen molar-refractivity contribution in [2.45, 2.75) is 33.1 Å². The average Bonchev–Trinajstić information content (AvgIpc) is 2.67. The summed E-state index contributed by atoms with van der Waals surface area (Å²) in [5.74, 6) is 1.29. The quantitative estimate of drug-likeness (QED) is 0.906. The fourth-order valence-corrected chi connectivity index (χ4v) is 2.59. The molecule has 2 aromatic rings. The molecule has 1 aromatic carbocycles. The van der Waals surface area contributed by atoms with Gasteiger partial charge >= 0.3 is 0 Å². The van der Waals surface area contributed by atoms with Gasteiger partial charge in [-0.05, 0) is 30.0 Å². The summed E-state index contributed by atoms with van der Waals surface area (Å²) in [6, 6.07) is 6.08. The number of aromatic nitrogens is 2. The van der Waals surface area contributed by atoms with Crippen molar-refractivity contribution >= 4 is 27.0 Å². The minimum atomic E-state index is 0.254. The maximum Gasteiger partial charge on any atom is 0.111 e. The predicted octanol–water partition coefficient (Wildman–Crippen LogP) is 3.80. The van der Waals surface area contributed by atoms with Crippen molar-refractivity contribution in [3.63, 3.8) is 0 Å². The standard InChI is InChI=1S/C14H20BrN3/c1-14(2,3)7-9(8-16)13-17-11-5-4-10(15)6-12(11)18-13/h4-6,9H,7-8,16H2,1-3H3,(H,17,18). The second kappa shape index (κ2) is 5.02. The van der Waals surface area contributed by atoms with Gasteiger partial charge < -0.3 is 10.7 Å². The van der Waals surface area contributed by atoms with Crippen molar-refractivity contribution in [3.8, 4) is 0 Å². The number of rotatable bonds is 3. The summed E-state index contributed by atoms with van der Waals surface area (Å²) in [6.45, 7) is 7.32. The van der Waals surface area contributed by atoms with E-state index in [9.17, 15) is 0 Å². The molecule has 98 valence electrons. The molecule has 0 saturated carbocycles. The monoisotopic (exact) mass is 309 g/mol. The predicted molar refractivity (Wildman–Crippen MR) is 79.7 cm³/mol. The number of imidazole rings is 1. The Hall–Kier alpha value is -0.870. The van der Waals surface area contributed by atoms with Gasteiger partial charge in [0.2, 0.25) is 0 Å². The molecule has 0 radical (unpaired) electrons. The minimum Gasteiger partial charge on any atom is -0.342 e. The number of hydrogen-bond acceptors (Lipinski definition) is 2. The molecule has 3 nitrogen and oxygen atoms in total. The molecule has 0 amide bonds. The zero-order valence-electron chi connectivity index (χ0n) is 11.1. The number of fused-ring (bicyclic) bond motifs is 1. The van der Waals surface area contributed by atoms with Gasteiger partial charge in [0.15, 0.2) is 0 Å². The smallest absolute Gasteiger partial charge is 0.111 e. The molecule has 3 N–H and O–H groups in total. The highest BCUT2D eigenvalue weighted by Gasteiger charge is 2.21. The van der Waals surface area contributed by atoms with Crippen LogP contribution in [0.4, 0.5) is 0 Å². The second-order valence-corrected chi connectivity index (χ2v) is 6.90. The average molecular weight is 310 g/mol. The second-order valence-electron chi connectivity index (χ2n) is 5.98. The van der Waals surface area contributed by atoms with E-state index in [2.05, 4.69) is 52.7 Å². The van der Waals surface area contributed by atoms with Gasteiger partial charge in [-0.3, -0.25) is 0 Å². The molecule has 0 aliphatic rings. The molecule has 1 heterocycles. The summed E-state index contributed by atoms with van der Waals surface area (Å²) >= 11 is 3.47. The Morgan fingerprint density at radius 3 is 2.72 bits per heavy atom. The highest BCUT2D eigenvalue weighted by Crippen LogP contribution is 2.30. The zero-order chi connectivity index (χ0) is 13.3. The largest absolute Gasteiger partial charge is 0.342 e. The van der Waals surface area contributed by atoms with Gasteiger partial charge in [-0.15, -0.1) is 0 Å². The van der Waals surface area contributed by atoms with Gasteiger partial charge in [0.25, 0.3) is 0 Å². The lowest BCUT2D eigenvalue weighted by Crippen LogP contribution is -2.20. The highest BCUT2D eigenvalue weighted by molar-refractivity contribution is 9.10. The molecule has 18 heavy (non-hydrogen) atoms. The SMILES string of the molecule is CC(C)(C)CC(CN)c1nc2ccc(Br)cc2[nH]1. The van der Waals surface area contributed by atoms with Crippen LogP contribution in [0.25, 0.3) is 11.0 Å². The summed E-state index contributed by atoms with van der Waals surface area (Å²) in [4.78, 5) is 8.04.